The van der Waals surface area contributed by atoms with E-state index >= 15 is 0 Å². The van der Waals surface area contributed by atoms with Crippen molar-refractivity contribution in [3.05, 3.63) is 0 Å². The second-order valence-corrected chi connectivity index (χ2v) is 8.02. The third-order valence-electron chi connectivity index (χ3n) is 4.25. The average molecular weight is 283 g/mol. The Bertz CT molecular complexity index is 316. The van der Waals surface area contributed by atoms with Gasteiger partial charge in [-0.15, -0.1) is 0 Å². The fourth-order valence-corrected chi connectivity index (χ4v) is 3.73. The van der Waals surface area contributed by atoms with E-state index in [0.717, 1.165) is 11.7 Å². The van der Waals surface area contributed by atoms with Gasteiger partial charge >= 0.3 is 0 Å². The Kier molecular flexibility index (Phi) is 5.18. The summed E-state index contributed by atoms with van der Waals surface area (Å²) in [5.74, 6) is 1.20. The van der Waals surface area contributed by atoms with Crippen LogP contribution in [0.4, 0.5) is 0 Å². The second-order valence-electron chi connectivity index (χ2n) is 6.94. The summed E-state index contributed by atoms with van der Waals surface area (Å²) in [6, 6.07) is 1.15. The quantitative estimate of drug-likeness (QED) is 0.863. The summed E-state index contributed by atoms with van der Waals surface area (Å²) in [5, 5.41) is 4.80. The van der Waals surface area contributed by atoms with E-state index in [1.807, 2.05) is 11.8 Å². The van der Waals surface area contributed by atoms with Crippen molar-refractivity contribution in [3.63, 3.8) is 0 Å². The minimum atomic E-state index is 0.322. The van der Waals surface area contributed by atoms with Gasteiger partial charge in [0.1, 0.15) is 0 Å². The van der Waals surface area contributed by atoms with Crippen LogP contribution in [0.5, 0.6) is 0 Å². The van der Waals surface area contributed by atoms with Gasteiger partial charge in [-0.05, 0) is 44.7 Å². The molecule has 2 aliphatic heterocycles. The van der Waals surface area contributed by atoms with Gasteiger partial charge in [-0.1, -0.05) is 32.5 Å². The number of thioether (sulfide) groups is 1. The Morgan fingerprint density at radius 1 is 1.37 bits per heavy atom. The molecule has 3 nitrogen and oxygen atoms in total. The number of nitrogens with zero attached hydrogens (tertiary/aromatic N) is 2. The Morgan fingerprint density at radius 3 is 2.68 bits per heavy atom. The molecule has 0 radical (unpaired) electrons. The molecule has 0 aromatic rings. The Labute approximate surface area is 122 Å². The van der Waals surface area contributed by atoms with Crippen molar-refractivity contribution >= 4 is 16.9 Å². The molecule has 0 aromatic carbocycles. The zero-order valence-corrected chi connectivity index (χ0v) is 13.7. The van der Waals surface area contributed by atoms with Crippen LogP contribution in [0.1, 0.15) is 47.0 Å². The van der Waals surface area contributed by atoms with E-state index in [4.69, 9.17) is 4.99 Å². The first-order valence-electron chi connectivity index (χ1n) is 7.64. The van der Waals surface area contributed by atoms with E-state index in [1.165, 1.54) is 38.1 Å². The monoisotopic (exact) mass is 283 g/mol. The van der Waals surface area contributed by atoms with E-state index < -0.39 is 0 Å². The molecule has 2 saturated heterocycles. The first-order valence-corrected chi connectivity index (χ1v) is 8.63. The van der Waals surface area contributed by atoms with Crippen molar-refractivity contribution in [2.24, 2.45) is 10.4 Å². The minimum absolute atomic E-state index is 0.322. The summed E-state index contributed by atoms with van der Waals surface area (Å²) < 4.78 is 0. The number of hydrogen-bond donors (Lipinski definition) is 1. The number of likely N-dealkylation sites (tertiary alicyclic amines) is 1. The molecule has 0 amide bonds. The molecule has 2 fully saturated rings. The summed E-state index contributed by atoms with van der Waals surface area (Å²) in [6.45, 7) is 12.7. The van der Waals surface area contributed by atoms with Gasteiger partial charge in [0.2, 0.25) is 0 Å². The van der Waals surface area contributed by atoms with E-state index in [9.17, 15) is 0 Å². The number of amidine groups is 1. The lowest BCUT2D eigenvalue weighted by atomic mass is 9.85. The van der Waals surface area contributed by atoms with Crippen LogP contribution in [0.2, 0.25) is 0 Å². The van der Waals surface area contributed by atoms with Crippen molar-refractivity contribution in [2.45, 2.75) is 59.0 Å². The first kappa shape index (κ1) is 15.2. The predicted molar refractivity (Wildman–Crippen MR) is 86.0 cm³/mol. The second kappa shape index (κ2) is 6.49. The van der Waals surface area contributed by atoms with Gasteiger partial charge in [-0.3, -0.25) is 9.89 Å². The Balaban J connectivity index is 1.84. The van der Waals surface area contributed by atoms with Gasteiger partial charge in [0, 0.05) is 17.8 Å². The maximum atomic E-state index is 4.82. The summed E-state index contributed by atoms with van der Waals surface area (Å²) in [7, 11) is 0. The summed E-state index contributed by atoms with van der Waals surface area (Å²) in [6.07, 6.45) is 3.97. The number of rotatable bonds is 3. The zero-order chi connectivity index (χ0) is 13.9. The fourth-order valence-electron chi connectivity index (χ4n) is 2.79. The standard InChI is InChI=1S/C15H29N3S/c1-12(18-8-5-6-9-18)11-16-14-17-13(7-10-19-14)15(2,3)4/h12-13H,5-11H2,1-4H3,(H,16,17). The molecule has 2 rings (SSSR count). The summed E-state index contributed by atoms with van der Waals surface area (Å²) >= 11 is 1.89. The largest absolute Gasteiger partial charge is 0.362 e. The molecule has 0 saturated carbocycles. The van der Waals surface area contributed by atoms with Gasteiger partial charge in [0.05, 0.1) is 6.54 Å². The van der Waals surface area contributed by atoms with Gasteiger partial charge < -0.3 is 5.32 Å². The fraction of sp³-hybridized carbons (Fsp3) is 0.933. The lowest BCUT2D eigenvalue weighted by molar-refractivity contribution is 0.264. The predicted octanol–water partition coefficient (Wildman–Crippen LogP) is 2.97. The lowest BCUT2D eigenvalue weighted by Crippen LogP contribution is -2.46. The highest BCUT2D eigenvalue weighted by atomic mass is 32.2. The SMILES string of the molecule is CC(CN=C1NC(C(C)(C)C)CCS1)N1CCCC1. The molecule has 0 spiro atoms. The number of hydrogen-bond acceptors (Lipinski definition) is 3. The third-order valence-corrected chi connectivity index (χ3v) is 5.21. The summed E-state index contributed by atoms with van der Waals surface area (Å²) in [5.41, 5.74) is 0.322. The van der Waals surface area contributed by atoms with Gasteiger partial charge in [-0.25, -0.2) is 0 Å². The zero-order valence-electron chi connectivity index (χ0n) is 12.9. The Morgan fingerprint density at radius 2 is 2.05 bits per heavy atom. The van der Waals surface area contributed by atoms with Crippen LogP contribution in [0, 0.1) is 5.41 Å². The van der Waals surface area contributed by atoms with Crippen molar-refractivity contribution in [1.29, 1.82) is 0 Å². The van der Waals surface area contributed by atoms with Crippen molar-refractivity contribution in [2.75, 3.05) is 25.4 Å². The molecule has 0 bridgehead atoms. The molecule has 1 N–H and O–H groups in total. The lowest BCUT2D eigenvalue weighted by Gasteiger charge is -2.35. The maximum Gasteiger partial charge on any atom is 0.156 e. The van der Waals surface area contributed by atoms with Crippen LogP contribution in [0.15, 0.2) is 4.99 Å². The molecule has 0 aliphatic carbocycles. The van der Waals surface area contributed by atoms with E-state index in [1.54, 1.807) is 0 Å². The maximum absolute atomic E-state index is 4.82. The van der Waals surface area contributed by atoms with Crippen molar-refractivity contribution in [1.82, 2.24) is 10.2 Å². The highest BCUT2D eigenvalue weighted by molar-refractivity contribution is 8.13. The molecule has 2 aliphatic rings. The van der Waals surface area contributed by atoms with Gasteiger partial charge in [0.15, 0.2) is 5.17 Å². The van der Waals surface area contributed by atoms with E-state index in [0.29, 0.717) is 17.5 Å². The van der Waals surface area contributed by atoms with E-state index in [2.05, 4.69) is 37.9 Å². The normalized spacial score (nSPS) is 29.5. The highest BCUT2D eigenvalue weighted by Crippen LogP contribution is 2.27. The molecular weight excluding hydrogens is 254 g/mol. The molecule has 2 atom stereocenters. The highest BCUT2D eigenvalue weighted by Gasteiger charge is 2.28. The minimum Gasteiger partial charge on any atom is -0.362 e. The van der Waals surface area contributed by atoms with Crippen LogP contribution >= 0.6 is 11.8 Å². The van der Waals surface area contributed by atoms with Crippen molar-refractivity contribution < 1.29 is 0 Å². The van der Waals surface area contributed by atoms with Crippen LogP contribution < -0.4 is 5.32 Å². The first-order chi connectivity index (χ1) is 8.97. The van der Waals surface area contributed by atoms with Crippen LogP contribution in [0.3, 0.4) is 0 Å². The topological polar surface area (TPSA) is 27.6 Å². The average Bonchev–Trinajstić information content (AvgIpc) is 2.89. The van der Waals surface area contributed by atoms with Crippen LogP contribution in [0.25, 0.3) is 0 Å². The number of aliphatic imine (C=N–C) groups is 1. The van der Waals surface area contributed by atoms with Crippen LogP contribution in [-0.2, 0) is 0 Å². The Hall–Kier alpha value is -0.220. The molecule has 2 heterocycles. The molecule has 0 aromatic heterocycles. The van der Waals surface area contributed by atoms with Gasteiger partial charge in [-0.2, -0.15) is 0 Å². The molecule has 110 valence electrons. The number of nitrogens with one attached hydrogen (secondary N) is 1. The third kappa shape index (κ3) is 4.38. The molecular formula is C15H29N3S. The molecule has 2 unspecified atom stereocenters. The summed E-state index contributed by atoms with van der Waals surface area (Å²) in [4.78, 5) is 7.39. The molecule has 19 heavy (non-hydrogen) atoms. The van der Waals surface area contributed by atoms with E-state index in [-0.39, 0.29) is 0 Å². The van der Waals surface area contributed by atoms with Crippen LogP contribution in [-0.4, -0.2) is 47.5 Å². The van der Waals surface area contributed by atoms with Gasteiger partial charge in [0.25, 0.3) is 0 Å². The van der Waals surface area contributed by atoms with Crippen molar-refractivity contribution in [3.8, 4) is 0 Å². The smallest absolute Gasteiger partial charge is 0.156 e. The molecule has 4 heteroatoms.